The van der Waals surface area contributed by atoms with Gasteiger partial charge in [-0.25, -0.2) is 17.8 Å². The summed E-state index contributed by atoms with van der Waals surface area (Å²) in [6, 6.07) is 12.0. The van der Waals surface area contributed by atoms with Crippen LogP contribution in [0, 0.1) is 12.7 Å². The summed E-state index contributed by atoms with van der Waals surface area (Å²) in [6.45, 7) is 2.48. The smallest absolute Gasteiger partial charge is 0.261 e. The molecule has 5 nitrogen and oxygen atoms in total. The van der Waals surface area contributed by atoms with Gasteiger partial charge in [-0.05, 0) is 42.8 Å². The molecule has 3 rings (SSSR count). The fourth-order valence-electron chi connectivity index (χ4n) is 2.35. The molecule has 0 aliphatic heterocycles. The van der Waals surface area contributed by atoms with Gasteiger partial charge in [-0.2, -0.15) is 0 Å². The van der Waals surface area contributed by atoms with E-state index >= 15 is 0 Å². The third kappa shape index (κ3) is 3.62. The third-order valence-electron chi connectivity index (χ3n) is 3.56. The highest BCUT2D eigenvalue weighted by atomic mass is 32.2. The Kier molecular flexibility index (Phi) is 4.35. The van der Waals surface area contributed by atoms with Gasteiger partial charge in [0.1, 0.15) is 11.6 Å². The number of nitrogens with zero attached hydrogens (tertiary/aromatic N) is 2. The zero-order chi connectivity index (χ0) is 17.2. The predicted octanol–water partition coefficient (Wildman–Crippen LogP) is 3.18. The van der Waals surface area contributed by atoms with Crippen LogP contribution in [0.2, 0.25) is 0 Å². The Morgan fingerprint density at radius 3 is 2.67 bits per heavy atom. The minimum absolute atomic E-state index is 0.113. The Morgan fingerprint density at radius 2 is 1.96 bits per heavy atom. The second-order valence-electron chi connectivity index (χ2n) is 5.37. The molecule has 0 spiro atoms. The number of hydrogen-bond donors (Lipinski definition) is 1. The minimum Gasteiger partial charge on any atom is -0.331 e. The summed E-state index contributed by atoms with van der Waals surface area (Å²) in [5.74, 6) is 0.281. The van der Waals surface area contributed by atoms with Gasteiger partial charge in [0.05, 0.1) is 4.90 Å². The second kappa shape index (κ2) is 6.45. The number of anilines is 1. The van der Waals surface area contributed by atoms with Gasteiger partial charge < -0.3 is 4.57 Å². The van der Waals surface area contributed by atoms with Gasteiger partial charge in [-0.15, -0.1) is 0 Å². The molecule has 0 atom stereocenters. The van der Waals surface area contributed by atoms with E-state index in [9.17, 15) is 12.8 Å². The van der Waals surface area contributed by atoms with Gasteiger partial charge >= 0.3 is 0 Å². The molecule has 0 radical (unpaired) electrons. The van der Waals surface area contributed by atoms with Crippen LogP contribution in [0.4, 0.5) is 10.1 Å². The van der Waals surface area contributed by atoms with Crippen molar-refractivity contribution in [3.05, 3.63) is 78.1 Å². The average Bonchev–Trinajstić information content (AvgIpc) is 2.92. The summed E-state index contributed by atoms with van der Waals surface area (Å²) in [5, 5.41) is 0. The first-order chi connectivity index (χ1) is 11.4. The molecule has 2 aromatic carbocycles. The molecule has 0 aliphatic carbocycles. The van der Waals surface area contributed by atoms with E-state index in [0.29, 0.717) is 12.2 Å². The van der Waals surface area contributed by atoms with Crippen molar-refractivity contribution in [2.45, 2.75) is 18.4 Å². The van der Waals surface area contributed by atoms with Crippen LogP contribution in [0.15, 0.2) is 65.8 Å². The molecule has 24 heavy (non-hydrogen) atoms. The van der Waals surface area contributed by atoms with E-state index in [1.54, 1.807) is 24.4 Å². The first kappa shape index (κ1) is 16.2. The summed E-state index contributed by atoms with van der Waals surface area (Å²) in [4.78, 5) is 4.05. The van der Waals surface area contributed by atoms with E-state index in [2.05, 4.69) is 9.71 Å². The standard InChI is InChI=1S/C17H16FN3O2S/c1-13-19-8-9-21(13)12-14-4-2-6-16(10-14)20-24(22,23)17-7-3-5-15(18)11-17/h2-11,20H,12H2,1H3. The molecule has 0 saturated carbocycles. The Bertz CT molecular complexity index is 967. The first-order valence-electron chi connectivity index (χ1n) is 7.29. The number of aryl methyl sites for hydroxylation is 1. The molecule has 1 N–H and O–H groups in total. The van der Waals surface area contributed by atoms with E-state index in [-0.39, 0.29) is 4.90 Å². The Morgan fingerprint density at radius 1 is 1.17 bits per heavy atom. The van der Waals surface area contributed by atoms with Crippen LogP contribution >= 0.6 is 0 Å². The fraction of sp³-hybridized carbons (Fsp3) is 0.118. The van der Waals surface area contributed by atoms with Crippen LogP contribution in [0.1, 0.15) is 11.4 Å². The van der Waals surface area contributed by atoms with Crippen molar-refractivity contribution in [1.29, 1.82) is 0 Å². The lowest BCUT2D eigenvalue weighted by molar-refractivity contribution is 0.595. The lowest BCUT2D eigenvalue weighted by Crippen LogP contribution is -2.13. The lowest BCUT2D eigenvalue weighted by Gasteiger charge is -2.10. The van der Waals surface area contributed by atoms with E-state index in [1.807, 2.05) is 23.8 Å². The van der Waals surface area contributed by atoms with Crippen LogP contribution in [-0.2, 0) is 16.6 Å². The molecule has 0 saturated heterocycles. The fourth-order valence-corrected chi connectivity index (χ4v) is 3.43. The topological polar surface area (TPSA) is 64.0 Å². The van der Waals surface area contributed by atoms with Gasteiger partial charge in [-0.3, -0.25) is 4.72 Å². The Hall–Kier alpha value is -2.67. The summed E-state index contributed by atoms with van der Waals surface area (Å²) in [5.41, 5.74) is 1.35. The lowest BCUT2D eigenvalue weighted by atomic mass is 10.2. The van der Waals surface area contributed by atoms with Gasteiger partial charge in [0, 0.05) is 24.6 Å². The van der Waals surface area contributed by atoms with Crippen LogP contribution in [0.5, 0.6) is 0 Å². The molecule has 0 bridgehead atoms. The summed E-state index contributed by atoms with van der Waals surface area (Å²) in [6.07, 6.45) is 3.57. The van der Waals surface area contributed by atoms with E-state index in [0.717, 1.165) is 17.5 Å². The highest BCUT2D eigenvalue weighted by Gasteiger charge is 2.15. The van der Waals surface area contributed by atoms with Gasteiger partial charge in [0.25, 0.3) is 10.0 Å². The molecule has 3 aromatic rings. The number of aromatic nitrogens is 2. The number of sulfonamides is 1. The maximum Gasteiger partial charge on any atom is 0.261 e. The maximum absolute atomic E-state index is 13.2. The van der Waals surface area contributed by atoms with Crippen molar-refractivity contribution in [3.8, 4) is 0 Å². The summed E-state index contributed by atoms with van der Waals surface area (Å²) < 4.78 is 42.4. The molecule has 1 aromatic heterocycles. The highest BCUT2D eigenvalue weighted by molar-refractivity contribution is 7.92. The van der Waals surface area contributed by atoms with Crippen LogP contribution in [-0.4, -0.2) is 18.0 Å². The Labute approximate surface area is 139 Å². The number of halogens is 1. The van der Waals surface area contributed by atoms with Crippen LogP contribution in [0.3, 0.4) is 0 Å². The number of imidazole rings is 1. The molecule has 0 amide bonds. The highest BCUT2D eigenvalue weighted by Crippen LogP contribution is 2.18. The number of nitrogens with one attached hydrogen (secondary N) is 1. The number of hydrogen-bond acceptors (Lipinski definition) is 3. The molecular weight excluding hydrogens is 329 g/mol. The monoisotopic (exact) mass is 345 g/mol. The summed E-state index contributed by atoms with van der Waals surface area (Å²) >= 11 is 0. The first-order valence-corrected chi connectivity index (χ1v) is 8.77. The van der Waals surface area contributed by atoms with Crippen LogP contribution < -0.4 is 4.72 Å². The zero-order valence-corrected chi connectivity index (χ0v) is 13.8. The zero-order valence-electron chi connectivity index (χ0n) is 13.0. The van der Waals surface area contributed by atoms with Crippen molar-refractivity contribution in [3.63, 3.8) is 0 Å². The van der Waals surface area contributed by atoms with E-state index in [1.165, 1.54) is 18.2 Å². The minimum atomic E-state index is -3.83. The van der Waals surface area contributed by atoms with Crippen molar-refractivity contribution >= 4 is 15.7 Å². The second-order valence-corrected chi connectivity index (χ2v) is 7.05. The van der Waals surface area contributed by atoms with Gasteiger partial charge in [0.2, 0.25) is 0 Å². The van der Waals surface area contributed by atoms with Crippen molar-refractivity contribution in [2.24, 2.45) is 0 Å². The van der Waals surface area contributed by atoms with Gasteiger partial charge in [-0.1, -0.05) is 18.2 Å². The largest absolute Gasteiger partial charge is 0.331 e. The molecule has 0 fully saturated rings. The van der Waals surface area contributed by atoms with Crippen molar-refractivity contribution in [2.75, 3.05) is 4.72 Å². The molecule has 124 valence electrons. The van der Waals surface area contributed by atoms with Crippen LogP contribution in [0.25, 0.3) is 0 Å². The SMILES string of the molecule is Cc1nccn1Cc1cccc(NS(=O)(=O)c2cccc(F)c2)c1. The molecule has 1 heterocycles. The van der Waals surface area contributed by atoms with E-state index < -0.39 is 15.8 Å². The maximum atomic E-state index is 13.2. The van der Waals surface area contributed by atoms with Crippen molar-refractivity contribution in [1.82, 2.24) is 9.55 Å². The van der Waals surface area contributed by atoms with Gasteiger partial charge in [0.15, 0.2) is 0 Å². The normalized spacial score (nSPS) is 11.4. The molecular formula is C17H16FN3O2S. The van der Waals surface area contributed by atoms with Crippen molar-refractivity contribution < 1.29 is 12.8 Å². The number of rotatable bonds is 5. The molecule has 0 aliphatic rings. The molecule has 0 unspecified atom stereocenters. The third-order valence-corrected chi connectivity index (χ3v) is 4.94. The van der Waals surface area contributed by atoms with E-state index in [4.69, 9.17) is 0 Å². The number of benzene rings is 2. The predicted molar refractivity (Wildman–Crippen MR) is 89.7 cm³/mol. The average molecular weight is 345 g/mol. The summed E-state index contributed by atoms with van der Waals surface area (Å²) in [7, 11) is -3.83. The Balaban J connectivity index is 1.83. The quantitative estimate of drug-likeness (QED) is 0.772. The molecule has 7 heteroatoms.